The van der Waals surface area contributed by atoms with E-state index in [-0.39, 0.29) is 6.48 Å². The van der Waals surface area contributed by atoms with Crippen LogP contribution in [-0.2, 0) is 13.9 Å². The topological polar surface area (TPSA) is 29.8 Å². The lowest BCUT2D eigenvalue weighted by atomic mass is 10.3. The molecule has 1 heterocycles. The van der Waals surface area contributed by atoms with Gasteiger partial charge >= 0.3 is 6.48 Å². The number of hydrogen-bond donors (Lipinski definition) is 0. The molecule has 0 amide bonds. The van der Waals surface area contributed by atoms with Gasteiger partial charge in [0.05, 0.1) is 5.76 Å². The van der Waals surface area contributed by atoms with E-state index in [9.17, 15) is 0 Å². The predicted octanol–water partition coefficient (Wildman–Crippen LogP) is 1.14. The molecule has 0 spiro atoms. The molecule has 1 rings (SSSR count). The molecular formula is C7H10O3. The second-order valence-electron chi connectivity index (χ2n) is 2.02. The first kappa shape index (κ1) is 7.15. The highest BCUT2D eigenvalue weighted by Gasteiger charge is 2.16. The maximum absolute atomic E-state index is 5.02. The summed E-state index contributed by atoms with van der Waals surface area (Å²) in [7, 11) is 1.50. The number of rotatable bonds is 1. The molecule has 0 atom stereocenters. The summed E-state index contributed by atoms with van der Waals surface area (Å²) >= 11 is 0. The zero-order chi connectivity index (χ0) is 7.56. The average Bonchev–Trinajstić information content (AvgIpc) is 1.85. The molecule has 0 bridgehead atoms. The normalized spacial score (nSPS) is 17.7. The summed E-state index contributed by atoms with van der Waals surface area (Å²) in [6, 6.07) is 0. The summed E-state index contributed by atoms with van der Waals surface area (Å²) in [6.45, 7) is 3.87. The molecule has 1 aliphatic rings. The molecule has 0 saturated carbocycles. The Labute approximate surface area is 59.9 Å². The minimum Gasteiger partial charge on any atom is -0.455 e. The van der Waals surface area contributed by atoms with Crippen molar-refractivity contribution in [2.45, 2.75) is 13.8 Å². The van der Waals surface area contributed by atoms with Gasteiger partial charge in [-0.3, -0.25) is 0 Å². The molecular weight excluding hydrogens is 132 g/mol. The van der Waals surface area contributed by atoms with E-state index in [2.05, 4.69) is 0 Å². The van der Waals surface area contributed by atoms with Crippen LogP contribution in [-0.4, -0.2) is 12.9 Å². The quantitative estimate of drug-likeness (QED) is 0.406. The van der Waals surface area contributed by atoms with Crippen molar-refractivity contribution < 1.29 is 13.9 Å². The Hall–Kier alpha value is -0.960. The maximum atomic E-state index is 5.02. The number of allylic oxidation sites excluding steroid dienone is 2. The molecule has 0 unspecified atom stereocenters. The van der Waals surface area contributed by atoms with Gasteiger partial charge in [0.1, 0.15) is 0 Å². The van der Waals surface area contributed by atoms with E-state index in [4.69, 9.17) is 13.9 Å². The highest BCUT2D eigenvalue weighted by Crippen LogP contribution is 2.12. The fourth-order valence-electron chi connectivity index (χ4n) is 0.712. The van der Waals surface area contributed by atoms with E-state index in [0.717, 1.165) is 11.5 Å². The maximum Gasteiger partial charge on any atom is 0.509 e. The fourth-order valence-corrected chi connectivity index (χ4v) is 0.712. The summed E-state index contributed by atoms with van der Waals surface area (Å²) < 4.78 is 14.8. The molecule has 0 saturated heterocycles. The van der Waals surface area contributed by atoms with Crippen LogP contribution in [0.15, 0.2) is 11.8 Å². The molecule has 0 aliphatic carbocycles. The van der Waals surface area contributed by atoms with Crippen LogP contribution in [0.2, 0.25) is 0 Å². The molecule has 0 aromatic heterocycles. The predicted molar refractivity (Wildman–Crippen MR) is 35.8 cm³/mol. The van der Waals surface area contributed by atoms with Crippen molar-refractivity contribution in [1.29, 1.82) is 0 Å². The van der Waals surface area contributed by atoms with Gasteiger partial charge in [0.15, 0.2) is 5.78 Å². The summed E-state index contributed by atoms with van der Waals surface area (Å²) in [5.41, 5.74) is 0. The van der Waals surface area contributed by atoms with Gasteiger partial charge in [-0.15, -0.1) is 0 Å². The van der Waals surface area contributed by atoms with Gasteiger partial charge in [-0.25, -0.2) is 0 Å². The van der Waals surface area contributed by atoms with Gasteiger partial charge in [0, 0.05) is 7.11 Å². The third kappa shape index (κ3) is 1.51. The minimum absolute atomic E-state index is 0.192. The molecule has 0 fully saturated rings. The van der Waals surface area contributed by atoms with Crippen molar-refractivity contribution in [2.24, 2.45) is 0 Å². The SMILES string of the molecule is CO[C-]1OC(C)=CC(C)=[O+]1. The highest BCUT2D eigenvalue weighted by molar-refractivity contribution is 5.88. The van der Waals surface area contributed by atoms with E-state index in [1.165, 1.54) is 7.11 Å². The van der Waals surface area contributed by atoms with Crippen LogP contribution in [0.1, 0.15) is 13.8 Å². The van der Waals surface area contributed by atoms with Gasteiger partial charge in [0.25, 0.3) is 0 Å². The van der Waals surface area contributed by atoms with Crippen LogP contribution in [0.4, 0.5) is 0 Å². The van der Waals surface area contributed by atoms with Crippen LogP contribution < -0.4 is 0 Å². The number of methoxy groups -OCH3 is 1. The second-order valence-corrected chi connectivity index (χ2v) is 2.02. The summed E-state index contributed by atoms with van der Waals surface area (Å²) in [6.07, 6.45) is 1.79. The van der Waals surface area contributed by atoms with Crippen molar-refractivity contribution >= 4 is 5.78 Å². The lowest BCUT2D eigenvalue weighted by Gasteiger charge is -2.14. The largest absolute Gasteiger partial charge is 0.509 e. The van der Waals surface area contributed by atoms with Crippen molar-refractivity contribution in [2.75, 3.05) is 7.11 Å². The third-order valence-electron chi connectivity index (χ3n) is 1.06. The molecule has 0 N–H and O–H groups in total. The lowest BCUT2D eigenvalue weighted by Crippen LogP contribution is -2.13. The Morgan fingerprint density at radius 1 is 1.60 bits per heavy atom. The molecule has 1 aliphatic heterocycles. The Balaban J connectivity index is 2.67. The third-order valence-corrected chi connectivity index (χ3v) is 1.06. The van der Waals surface area contributed by atoms with Crippen LogP contribution in [0, 0.1) is 6.48 Å². The summed E-state index contributed by atoms with van der Waals surface area (Å²) in [5, 5.41) is 0. The van der Waals surface area contributed by atoms with Gasteiger partial charge in [0.2, 0.25) is 0 Å². The lowest BCUT2D eigenvalue weighted by molar-refractivity contribution is -0.541. The van der Waals surface area contributed by atoms with Gasteiger partial charge < -0.3 is 13.9 Å². The Morgan fingerprint density at radius 2 is 2.30 bits per heavy atom. The standard InChI is InChI=1S/C7H10O3/c1-5-4-6(2)10-7(8-3)9-5/h4H,1-3H3. The second kappa shape index (κ2) is 2.75. The van der Waals surface area contributed by atoms with Crippen molar-refractivity contribution in [1.82, 2.24) is 0 Å². The smallest absolute Gasteiger partial charge is 0.455 e. The minimum atomic E-state index is 0.192. The van der Waals surface area contributed by atoms with Crippen LogP contribution >= 0.6 is 0 Å². The number of ether oxygens (including phenoxy) is 2. The fraction of sp³-hybridized carbons (Fsp3) is 0.429. The summed E-state index contributed by atoms with van der Waals surface area (Å²) in [4.78, 5) is 0. The van der Waals surface area contributed by atoms with E-state index in [1.807, 2.05) is 13.8 Å². The first-order valence-electron chi connectivity index (χ1n) is 3.01. The molecule has 3 heteroatoms. The highest BCUT2D eigenvalue weighted by atomic mass is 16.8. The number of ketones is 1. The number of carbonyl (C=O) groups excluding carboxylic acids is 1. The molecule has 0 aromatic rings. The number of hydrogen-bond acceptors (Lipinski definition) is 2. The first-order chi connectivity index (χ1) is 4.72. The molecule has 3 nitrogen and oxygen atoms in total. The zero-order valence-electron chi connectivity index (χ0n) is 6.30. The molecule has 56 valence electrons. The van der Waals surface area contributed by atoms with E-state index in [0.29, 0.717) is 0 Å². The first-order valence-corrected chi connectivity index (χ1v) is 3.01. The Kier molecular flexibility index (Phi) is 1.97. The summed E-state index contributed by atoms with van der Waals surface area (Å²) in [5.74, 6) is 1.56. The Bertz CT molecular complexity index is 181. The van der Waals surface area contributed by atoms with Crippen LogP contribution in [0.5, 0.6) is 0 Å². The van der Waals surface area contributed by atoms with Gasteiger partial charge in [-0.1, -0.05) is 0 Å². The average molecular weight is 142 g/mol. The van der Waals surface area contributed by atoms with E-state index in [1.54, 1.807) is 6.08 Å². The monoisotopic (exact) mass is 142 g/mol. The van der Waals surface area contributed by atoms with Gasteiger partial charge in [-0.05, 0) is 19.9 Å². The van der Waals surface area contributed by atoms with E-state index < -0.39 is 0 Å². The van der Waals surface area contributed by atoms with Crippen molar-refractivity contribution in [3.8, 4) is 0 Å². The Morgan fingerprint density at radius 3 is 2.80 bits per heavy atom. The van der Waals surface area contributed by atoms with Crippen molar-refractivity contribution in [3.63, 3.8) is 0 Å². The molecule has 0 radical (unpaired) electrons. The molecule has 0 aromatic carbocycles. The zero-order valence-corrected chi connectivity index (χ0v) is 6.30. The van der Waals surface area contributed by atoms with Gasteiger partial charge in [-0.2, -0.15) is 0 Å². The van der Waals surface area contributed by atoms with E-state index >= 15 is 0 Å². The van der Waals surface area contributed by atoms with Crippen LogP contribution in [0.25, 0.3) is 0 Å². The van der Waals surface area contributed by atoms with Crippen LogP contribution in [0.3, 0.4) is 0 Å². The van der Waals surface area contributed by atoms with Crippen molar-refractivity contribution in [3.05, 3.63) is 18.3 Å². The molecule has 10 heavy (non-hydrogen) atoms.